The summed E-state index contributed by atoms with van der Waals surface area (Å²) < 4.78 is 0. The topological polar surface area (TPSA) is 64.5 Å². The predicted octanol–water partition coefficient (Wildman–Crippen LogP) is 9.43. The third-order valence-electron chi connectivity index (χ3n) is 7.38. The summed E-state index contributed by atoms with van der Waals surface area (Å²) in [4.78, 5) is 23.4. The molecule has 4 aromatic heterocycles. The molecule has 0 N–H and O–H groups in total. The molecule has 0 fully saturated rings. The van der Waals surface area contributed by atoms with Crippen molar-refractivity contribution in [1.29, 1.82) is 0 Å². The fraction of sp³-hybridized carbons (Fsp3) is 0. The second-order valence-corrected chi connectivity index (χ2v) is 11.6. The van der Waals surface area contributed by atoms with E-state index in [1.807, 2.05) is 41.6 Å². The summed E-state index contributed by atoms with van der Waals surface area (Å²) in [5.74, 6) is 0. The van der Waals surface area contributed by atoms with E-state index < -0.39 is 0 Å². The normalized spacial score (nSPS) is 11.3. The number of benzene rings is 4. The molecule has 0 saturated carbocycles. The lowest BCUT2D eigenvalue weighted by molar-refractivity contribution is 1.20. The Hall–Kier alpha value is -5.11. The molecule has 0 unspecified atom stereocenters. The Labute approximate surface area is 249 Å². The Morgan fingerprint density at radius 2 is 1.12 bits per heavy atom. The number of fused-ring (bicyclic) bond motifs is 2. The van der Waals surface area contributed by atoms with E-state index in [-0.39, 0.29) is 0 Å². The molecule has 8 rings (SSSR count). The number of hydrogen-bond acceptors (Lipinski definition) is 7. The fourth-order valence-electron chi connectivity index (χ4n) is 5.57. The maximum absolute atomic E-state index is 5.08. The van der Waals surface area contributed by atoms with Crippen LogP contribution >= 0.6 is 22.7 Å². The number of aromatic nitrogens is 5. The third kappa shape index (κ3) is 4.27. The van der Waals surface area contributed by atoms with Crippen molar-refractivity contribution in [3.63, 3.8) is 0 Å². The van der Waals surface area contributed by atoms with Gasteiger partial charge in [0.2, 0.25) is 0 Å². The molecule has 0 radical (unpaired) electrons. The number of pyridine rings is 1. The first-order valence-corrected chi connectivity index (χ1v) is 15.2. The molecule has 0 saturated heterocycles. The zero-order valence-electron chi connectivity index (χ0n) is 22.2. The molecule has 4 heterocycles. The van der Waals surface area contributed by atoms with Gasteiger partial charge in [0.05, 0.1) is 18.1 Å². The highest BCUT2D eigenvalue weighted by molar-refractivity contribution is 7.13. The highest BCUT2D eigenvalue weighted by Gasteiger charge is 2.20. The molecule has 42 heavy (non-hydrogen) atoms. The zero-order valence-corrected chi connectivity index (χ0v) is 23.8. The smallest absolute Gasteiger partial charge is 0.143 e. The quantitative estimate of drug-likeness (QED) is 0.191. The zero-order chi connectivity index (χ0) is 27.9. The first kappa shape index (κ1) is 24.7. The van der Waals surface area contributed by atoms with Gasteiger partial charge in [-0.1, -0.05) is 66.7 Å². The van der Waals surface area contributed by atoms with Gasteiger partial charge < -0.3 is 0 Å². The van der Waals surface area contributed by atoms with E-state index in [2.05, 4.69) is 92.7 Å². The molecular formula is C35H21N5S2. The molecule has 8 aromatic rings. The van der Waals surface area contributed by atoms with E-state index in [4.69, 9.17) is 4.98 Å². The van der Waals surface area contributed by atoms with E-state index in [1.165, 1.54) is 5.56 Å². The summed E-state index contributed by atoms with van der Waals surface area (Å²) in [6.07, 6.45) is 11.1. The first-order valence-electron chi connectivity index (χ1n) is 13.4. The van der Waals surface area contributed by atoms with E-state index in [0.717, 1.165) is 70.8 Å². The highest BCUT2D eigenvalue weighted by Crippen LogP contribution is 2.45. The summed E-state index contributed by atoms with van der Waals surface area (Å²) in [7, 11) is 0. The number of rotatable bonds is 5. The van der Waals surface area contributed by atoms with Gasteiger partial charge in [-0.3, -0.25) is 9.97 Å². The van der Waals surface area contributed by atoms with Gasteiger partial charge in [0.15, 0.2) is 0 Å². The lowest BCUT2D eigenvalue weighted by atomic mass is 9.86. The van der Waals surface area contributed by atoms with Crippen molar-refractivity contribution < 1.29 is 0 Å². The minimum Gasteiger partial charge on any atom is -0.263 e. The Balaban J connectivity index is 1.47. The minimum absolute atomic E-state index is 0.769. The lowest BCUT2D eigenvalue weighted by Gasteiger charge is -2.18. The van der Waals surface area contributed by atoms with Gasteiger partial charge in [-0.25, -0.2) is 15.0 Å². The number of thiazole rings is 2. The maximum Gasteiger partial charge on any atom is 0.143 e. The second kappa shape index (κ2) is 10.4. The molecule has 0 aliphatic heterocycles. The Bertz CT molecular complexity index is 2190. The molecule has 0 atom stereocenters. The van der Waals surface area contributed by atoms with Crippen molar-refractivity contribution in [2.24, 2.45) is 0 Å². The largest absolute Gasteiger partial charge is 0.263 e. The molecule has 0 bridgehead atoms. The average molecular weight is 576 g/mol. The van der Waals surface area contributed by atoms with Gasteiger partial charge in [0.1, 0.15) is 15.7 Å². The van der Waals surface area contributed by atoms with Crippen LogP contribution < -0.4 is 0 Å². The molecule has 0 amide bonds. The maximum atomic E-state index is 5.08. The van der Waals surface area contributed by atoms with Crippen LogP contribution in [0, 0.1) is 0 Å². The lowest BCUT2D eigenvalue weighted by Crippen LogP contribution is -1.95. The van der Waals surface area contributed by atoms with Crippen LogP contribution in [0.1, 0.15) is 0 Å². The Morgan fingerprint density at radius 1 is 0.452 bits per heavy atom. The van der Waals surface area contributed by atoms with Gasteiger partial charge in [0.25, 0.3) is 0 Å². The van der Waals surface area contributed by atoms with Crippen LogP contribution in [0.25, 0.3) is 76.3 Å². The van der Waals surface area contributed by atoms with Crippen molar-refractivity contribution in [3.05, 3.63) is 127 Å². The molecular weight excluding hydrogens is 555 g/mol. The molecule has 0 aliphatic rings. The molecule has 5 nitrogen and oxygen atoms in total. The van der Waals surface area contributed by atoms with Crippen LogP contribution in [0.4, 0.5) is 0 Å². The average Bonchev–Trinajstić information content (AvgIpc) is 3.80. The molecule has 198 valence electrons. The predicted molar refractivity (Wildman–Crippen MR) is 173 cm³/mol. The standard InChI is InChI=1S/C35H21N5S2/c1-2-6-22(7-3-1)23-10-11-28-29(17-23)32(24-16-25(19-36-18-24)34-38-12-14-41-34)26-8-4-5-9-27(26)33(28)30-20-37-21-31(40-30)35-39-13-15-42-35/h1-21H. The van der Waals surface area contributed by atoms with Crippen LogP contribution in [0.15, 0.2) is 127 Å². The highest BCUT2D eigenvalue weighted by atomic mass is 32.1. The third-order valence-corrected chi connectivity index (χ3v) is 9.00. The monoisotopic (exact) mass is 575 g/mol. The fourth-order valence-corrected chi connectivity index (χ4v) is 6.79. The summed E-state index contributed by atoms with van der Waals surface area (Å²) in [5, 5.41) is 10.2. The summed E-state index contributed by atoms with van der Waals surface area (Å²) in [6.45, 7) is 0. The van der Waals surface area contributed by atoms with Crippen LogP contribution in [0.5, 0.6) is 0 Å². The summed E-state index contributed by atoms with van der Waals surface area (Å²) in [6, 6.07) is 28.0. The van der Waals surface area contributed by atoms with Gasteiger partial charge in [0, 0.05) is 52.2 Å². The van der Waals surface area contributed by atoms with Crippen LogP contribution in [0.3, 0.4) is 0 Å². The van der Waals surface area contributed by atoms with Gasteiger partial charge in [-0.15, -0.1) is 22.7 Å². The van der Waals surface area contributed by atoms with Crippen LogP contribution in [-0.2, 0) is 0 Å². The van der Waals surface area contributed by atoms with E-state index in [0.29, 0.717) is 0 Å². The first-order chi connectivity index (χ1) is 20.8. The van der Waals surface area contributed by atoms with Crippen molar-refractivity contribution in [1.82, 2.24) is 24.9 Å². The van der Waals surface area contributed by atoms with Crippen molar-refractivity contribution >= 4 is 44.2 Å². The van der Waals surface area contributed by atoms with E-state index in [9.17, 15) is 0 Å². The Morgan fingerprint density at radius 3 is 1.90 bits per heavy atom. The summed E-state index contributed by atoms with van der Waals surface area (Å²) >= 11 is 3.18. The number of hydrogen-bond donors (Lipinski definition) is 0. The molecule has 0 aliphatic carbocycles. The van der Waals surface area contributed by atoms with E-state index >= 15 is 0 Å². The Kier molecular flexibility index (Phi) is 6.09. The van der Waals surface area contributed by atoms with Crippen molar-refractivity contribution in [2.75, 3.05) is 0 Å². The number of nitrogens with zero attached hydrogens (tertiary/aromatic N) is 5. The molecule has 7 heteroatoms. The SMILES string of the molecule is c1ccc(-c2ccc3c(-c4cncc(-c5nccs5)n4)c4ccccc4c(-c4cncc(-c5nccs5)c4)c3c2)cc1. The van der Waals surface area contributed by atoms with Crippen molar-refractivity contribution in [2.45, 2.75) is 0 Å². The second-order valence-electron chi connectivity index (χ2n) is 9.85. The van der Waals surface area contributed by atoms with Gasteiger partial charge >= 0.3 is 0 Å². The molecule has 0 spiro atoms. The summed E-state index contributed by atoms with van der Waals surface area (Å²) in [5.41, 5.74) is 8.14. The van der Waals surface area contributed by atoms with E-state index in [1.54, 1.807) is 35.1 Å². The van der Waals surface area contributed by atoms with Gasteiger partial charge in [-0.2, -0.15) is 0 Å². The van der Waals surface area contributed by atoms with Crippen LogP contribution in [-0.4, -0.2) is 24.9 Å². The molecule has 4 aromatic carbocycles. The van der Waals surface area contributed by atoms with Gasteiger partial charge in [-0.05, 0) is 50.4 Å². The van der Waals surface area contributed by atoms with Crippen molar-refractivity contribution in [3.8, 4) is 54.8 Å². The van der Waals surface area contributed by atoms with Crippen LogP contribution in [0.2, 0.25) is 0 Å². The minimum atomic E-state index is 0.769.